The van der Waals surface area contributed by atoms with Crippen molar-refractivity contribution in [3.05, 3.63) is 102 Å². The molecule has 120 valence electrons. The van der Waals surface area contributed by atoms with Crippen LogP contribution in [0.1, 0.15) is 20.3 Å². The molecule has 0 amide bonds. The Morgan fingerprint density at radius 2 is 1.25 bits per heavy atom. The van der Waals surface area contributed by atoms with Gasteiger partial charge in [-0.1, -0.05) is 97.9 Å². The summed E-state index contributed by atoms with van der Waals surface area (Å²) in [4.78, 5) is 0. The van der Waals surface area contributed by atoms with Crippen molar-refractivity contribution in [1.82, 2.24) is 0 Å². The zero-order valence-electron chi connectivity index (χ0n) is 14.7. The normalized spacial score (nSPS) is 13.1. The summed E-state index contributed by atoms with van der Waals surface area (Å²) in [5.41, 5.74) is 1.79. The SMILES string of the molecule is [2H]/C(=C(\CC)c1ccccc1)P(=O)(c1ccccc1)c1ccccc1. The zero-order valence-corrected chi connectivity index (χ0v) is 14.6. The molecule has 0 unspecified atom stereocenters. The van der Waals surface area contributed by atoms with Crippen LogP contribution in [0.15, 0.2) is 96.8 Å². The molecular weight excluding hydrogens is 311 g/mol. The summed E-state index contributed by atoms with van der Waals surface area (Å²) in [5, 5.41) is 1.40. The number of benzene rings is 3. The van der Waals surface area contributed by atoms with Gasteiger partial charge in [0.1, 0.15) is 0 Å². The van der Waals surface area contributed by atoms with Crippen molar-refractivity contribution in [2.75, 3.05) is 0 Å². The lowest BCUT2D eigenvalue weighted by Gasteiger charge is -2.18. The Balaban J connectivity index is 2.29. The summed E-state index contributed by atoms with van der Waals surface area (Å²) in [6.45, 7) is 2.01. The van der Waals surface area contributed by atoms with E-state index in [1.54, 1.807) is 0 Å². The van der Waals surface area contributed by atoms with Crippen molar-refractivity contribution in [2.24, 2.45) is 0 Å². The average Bonchev–Trinajstić information content (AvgIpc) is 2.70. The van der Waals surface area contributed by atoms with Crippen molar-refractivity contribution in [3.63, 3.8) is 0 Å². The van der Waals surface area contributed by atoms with E-state index in [1.807, 2.05) is 97.9 Å². The van der Waals surface area contributed by atoms with Gasteiger partial charge >= 0.3 is 0 Å². The van der Waals surface area contributed by atoms with Gasteiger partial charge in [0.05, 0.1) is 1.37 Å². The topological polar surface area (TPSA) is 17.1 Å². The summed E-state index contributed by atoms with van der Waals surface area (Å²) in [6, 6.07) is 28.6. The Morgan fingerprint density at radius 1 is 0.833 bits per heavy atom. The standard InChI is InChI=1S/C22H21OP/c1-2-19(20-12-6-3-7-13-20)18-24(23,21-14-8-4-9-15-21)22-16-10-5-11-17-22/h3-18H,2H2,1H3/b19-18-/i18D. The number of hydrogen-bond donors (Lipinski definition) is 0. The smallest absolute Gasteiger partial charge is 0.164 e. The summed E-state index contributed by atoms with van der Waals surface area (Å²) in [7, 11) is -3.21. The van der Waals surface area contributed by atoms with Crippen molar-refractivity contribution in [1.29, 1.82) is 0 Å². The molecule has 0 aliphatic heterocycles. The maximum Gasteiger partial charge on any atom is 0.164 e. The van der Waals surface area contributed by atoms with Crippen LogP contribution < -0.4 is 10.6 Å². The summed E-state index contributed by atoms with van der Waals surface area (Å²) < 4.78 is 23.2. The number of allylic oxidation sites excluding steroid dienone is 1. The Morgan fingerprint density at radius 3 is 1.67 bits per heavy atom. The van der Waals surface area contributed by atoms with E-state index in [0.29, 0.717) is 17.0 Å². The molecule has 0 aliphatic carbocycles. The highest BCUT2D eigenvalue weighted by atomic mass is 31.2. The van der Waals surface area contributed by atoms with E-state index in [-0.39, 0.29) is 5.79 Å². The molecule has 0 aromatic heterocycles. The Labute approximate surface area is 145 Å². The average molecular weight is 333 g/mol. The second kappa shape index (κ2) is 7.47. The molecule has 24 heavy (non-hydrogen) atoms. The molecule has 1 nitrogen and oxygen atoms in total. The van der Waals surface area contributed by atoms with Crippen LogP contribution in [0.4, 0.5) is 0 Å². The monoisotopic (exact) mass is 333 g/mol. The zero-order chi connectivity index (χ0) is 17.7. The summed E-state index contributed by atoms with van der Waals surface area (Å²) in [6.07, 6.45) is 0.659. The fourth-order valence-corrected chi connectivity index (χ4v) is 5.14. The predicted molar refractivity (Wildman–Crippen MR) is 104 cm³/mol. The van der Waals surface area contributed by atoms with E-state index >= 15 is 0 Å². The molecule has 0 spiro atoms. The molecule has 3 aromatic carbocycles. The molecular formula is C22H21OP. The highest BCUT2D eigenvalue weighted by molar-refractivity contribution is 7.81. The van der Waals surface area contributed by atoms with Crippen LogP contribution in [0.5, 0.6) is 0 Å². The fraction of sp³-hybridized carbons (Fsp3) is 0.0909. The third-order valence-electron chi connectivity index (χ3n) is 4.01. The van der Waals surface area contributed by atoms with Gasteiger partial charge in [-0.2, -0.15) is 0 Å². The molecule has 0 bridgehead atoms. The Bertz CT molecular complexity index is 859. The van der Waals surface area contributed by atoms with E-state index in [2.05, 4.69) is 0 Å². The summed E-state index contributed by atoms with van der Waals surface area (Å²) in [5.74, 6) is 0.221. The predicted octanol–water partition coefficient (Wildman–Crippen LogP) is 5.45. The molecule has 0 atom stereocenters. The van der Waals surface area contributed by atoms with Gasteiger partial charge in [-0.3, -0.25) is 0 Å². The van der Waals surface area contributed by atoms with E-state index in [4.69, 9.17) is 1.37 Å². The van der Waals surface area contributed by atoms with Crippen LogP contribution in [-0.2, 0) is 4.57 Å². The third kappa shape index (κ3) is 3.42. The van der Waals surface area contributed by atoms with Gasteiger partial charge in [0.2, 0.25) is 0 Å². The first kappa shape index (κ1) is 15.2. The van der Waals surface area contributed by atoms with Crippen molar-refractivity contribution < 1.29 is 5.94 Å². The van der Waals surface area contributed by atoms with Gasteiger partial charge in [0.25, 0.3) is 0 Å². The number of rotatable bonds is 5. The second-order valence-corrected chi connectivity index (χ2v) is 8.07. The Hall–Kier alpha value is -2.37. The van der Waals surface area contributed by atoms with Crippen LogP contribution >= 0.6 is 7.14 Å². The molecule has 0 saturated carbocycles. The van der Waals surface area contributed by atoms with E-state index in [1.165, 1.54) is 0 Å². The van der Waals surface area contributed by atoms with Gasteiger partial charge in [-0.05, 0) is 23.4 Å². The minimum Gasteiger partial charge on any atom is -0.309 e. The second-order valence-electron chi connectivity index (χ2n) is 5.59. The maximum atomic E-state index is 14.2. The van der Waals surface area contributed by atoms with Gasteiger partial charge in [0, 0.05) is 10.6 Å². The van der Waals surface area contributed by atoms with Crippen LogP contribution in [0, 0.1) is 0 Å². The van der Waals surface area contributed by atoms with Crippen LogP contribution in [0.2, 0.25) is 0 Å². The minimum absolute atomic E-state index is 0.221. The first-order valence-electron chi connectivity index (χ1n) is 8.65. The molecule has 0 fully saturated rings. The van der Waals surface area contributed by atoms with Gasteiger partial charge in [0.15, 0.2) is 7.14 Å². The van der Waals surface area contributed by atoms with E-state index < -0.39 is 7.14 Å². The minimum atomic E-state index is -3.21. The first-order chi connectivity index (χ1) is 12.2. The lowest BCUT2D eigenvalue weighted by molar-refractivity contribution is 0.592. The Kier molecular flexibility index (Phi) is 4.72. The molecule has 0 N–H and O–H groups in total. The highest BCUT2D eigenvalue weighted by Crippen LogP contribution is 2.47. The molecule has 0 saturated heterocycles. The van der Waals surface area contributed by atoms with Crippen molar-refractivity contribution in [2.45, 2.75) is 13.3 Å². The molecule has 3 rings (SSSR count). The fourth-order valence-electron chi connectivity index (χ4n) is 2.73. The summed E-state index contributed by atoms with van der Waals surface area (Å²) >= 11 is 0. The first-order valence-corrected chi connectivity index (χ1v) is 9.85. The maximum absolute atomic E-state index is 14.2. The van der Waals surface area contributed by atoms with Gasteiger partial charge in [-0.25, -0.2) is 0 Å². The molecule has 3 aromatic rings. The molecule has 2 heteroatoms. The van der Waals surface area contributed by atoms with E-state index in [0.717, 1.165) is 11.1 Å². The number of hydrogen-bond acceptors (Lipinski definition) is 1. The largest absolute Gasteiger partial charge is 0.309 e. The lowest BCUT2D eigenvalue weighted by atomic mass is 10.1. The quantitative estimate of drug-likeness (QED) is 0.567. The van der Waals surface area contributed by atoms with Crippen LogP contribution in [0.25, 0.3) is 5.57 Å². The van der Waals surface area contributed by atoms with Crippen molar-refractivity contribution >= 4 is 23.3 Å². The van der Waals surface area contributed by atoms with E-state index in [9.17, 15) is 4.57 Å². The molecule has 0 aliphatic rings. The molecule has 0 heterocycles. The lowest BCUT2D eigenvalue weighted by Crippen LogP contribution is -2.14. The van der Waals surface area contributed by atoms with Gasteiger partial charge in [-0.15, -0.1) is 0 Å². The van der Waals surface area contributed by atoms with Crippen LogP contribution in [-0.4, -0.2) is 0 Å². The van der Waals surface area contributed by atoms with Crippen molar-refractivity contribution in [3.8, 4) is 0 Å². The highest BCUT2D eigenvalue weighted by Gasteiger charge is 2.25. The van der Waals surface area contributed by atoms with Crippen LogP contribution in [0.3, 0.4) is 0 Å². The molecule has 0 radical (unpaired) electrons. The van der Waals surface area contributed by atoms with Gasteiger partial charge < -0.3 is 4.57 Å². The third-order valence-corrected chi connectivity index (χ3v) is 6.64.